The number of ether oxygens (including phenoxy) is 1. The molecule has 0 aliphatic carbocycles. The molecule has 2 aromatic rings. The third-order valence-electron chi connectivity index (χ3n) is 4.26. The fraction of sp³-hybridized carbons (Fsp3) is 0.200. The Balaban J connectivity index is 1.53. The van der Waals surface area contributed by atoms with Crippen molar-refractivity contribution in [2.75, 3.05) is 11.9 Å². The number of carbonyl (C=O) groups is 4. The van der Waals surface area contributed by atoms with Crippen LogP contribution in [0.15, 0.2) is 53.4 Å². The molecule has 3 amide bonds. The van der Waals surface area contributed by atoms with Gasteiger partial charge in [0.1, 0.15) is 6.04 Å². The lowest BCUT2D eigenvalue weighted by atomic mass is 10.1. The molecule has 0 fully saturated rings. The molecule has 0 saturated heterocycles. The van der Waals surface area contributed by atoms with E-state index in [4.69, 9.17) is 4.74 Å². The summed E-state index contributed by atoms with van der Waals surface area (Å²) in [4.78, 5) is 50.1. The second-order valence-electron chi connectivity index (χ2n) is 6.26. The molecule has 0 radical (unpaired) electrons. The summed E-state index contributed by atoms with van der Waals surface area (Å²) in [5.41, 5.74) is 0.741. The van der Waals surface area contributed by atoms with E-state index in [1.54, 1.807) is 12.1 Å². The van der Waals surface area contributed by atoms with Crippen LogP contribution in [0.25, 0.3) is 0 Å². The van der Waals surface area contributed by atoms with Gasteiger partial charge in [0.05, 0.1) is 11.1 Å². The molecule has 1 heterocycles. The molecule has 156 valence electrons. The van der Waals surface area contributed by atoms with Crippen molar-refractivity contribution in [1.82, 2.24) is 4.90 Å². The Morgan fingerprint density at radius 3 is 2.13 bits per heavy atom. The van der Waals surface area contributed by atoms with Crippen LogP contribution in [-0.2, 0) is 14.3 Å². The number of carbonyl (C=O) groups excluding carboxylic acids is 4. The number of nitrogens with zero attached hydrogens (tertiary/aromatic N) is 1. The smallest absolute Gasteiger partial charge is 0.329 e. The molecule has 0 aromatic heterocycles. The molecule has 30 heavy (non-hydrogen) atoms. The maximum absolute atomic E-state index is 12.4. The number of hydrogen-bond donors (Lipinski definition) is 1. The fourth-order valence-electron chi connectivity index (χ4n) is 2.84. The lowest BCUT2D eigenvalue weighted by molar-refractivity contribution is -0.150. The van der Waals surface area contributed by atoms with Crippen molar-refractivity contribution in [1.29, 1.82) is 0 Å². The average Bonchev–Trinajstić information content (AvgIpc) is 2.97. The zero-order valence-electron chi connectivity index (χ0n) is 15.6. The van der Waals surface area contributed by atoms with Gasteiger partial charge in [-0.25, -0.2) is 4.79 Å². The van der Waals surface area contributed by atoms with Crippen molar-refractivity contribution in [3.8, 4) is 0 Å². The third kappa shape index (κ3) is 4.65. The Morgan fingerprint density at radius 2 is 1.60 bits per heavy atom. The van der Waals surface area contributed by atoms with Crippen LogP contribution in [0, 0.1) is 0 Å². The van der Waals surface area contributed by atoms with Crippen molar-refractivity contribution in [2.45, 2.75) is 23.6 Å². The first-order chi connectivity index (χ1) is 14.3. The minimum Gasteiger partial charge on any atom is -0.454 e. The van der Waals surface area contributed by atoms with Crippen LogP contribution in [0.3, 0.4) is 0 Å². The van der Waals surface area contributed by atoms with Crippen LogP contribution in [0.2, 0.25) is 0 Å². The van der Waals surface area contributed by atoms with E-state index < -0.39 is 42.1 Å². The molecule has 0 saturated carbocycles. The molecule has 10 heteroatoms. The number of amides is 3. The van der Waals surface area contributed by atoms with Crippen molar-refractivity contribution in [3.05, 3.63) is 59.7 Å². The lowest BCUT2D eigenvalue weighted by Gasteiger charge is -2.20. The molecule has 3 rings (SSSR count). The average molecular weight is 434 g/mol. The SMILES string of the molecule is CC(C(=O)OCC(=O)Nc1ccc(SC(F)F)cc1)N1C(=O)c2ccccc2C1=O. The number of fused-ring (bicyclic) bond motifs is 1. The topological polar surface area (TPSA) is 92.8 Å². The molecular weight excluding hydrogens is 418 g/mol. The summed E-state index contributed by atoms with van der Waals surface area (Å²) in [6.45, 7) is 0.696. The van der Waals surface area contributed by atoms with Gasteiger partial charge in [-0.3, -0.25) is 19.3 Å². The number of benzene rings is 2. The molecule has 7 nitrogen and oxygen atoms in total. The molecule has 0 spiro atoms. The van der Waals surface area contributed by atoms with Gasteiger partial charge in [0.25, 0.3) is 23.5 Å². The van der Waals surface area contributed by atoms with Crippen molar-refractivity contribution in [3.63, 3.8) is 0 Å². The number of alkyl halides is 2. The Bertz CT molecular complexity index is 962. The highest BCUT2D eigenvalue weighted by atomic mass is 32.2. The van der Waals surface area contributed by atoms with Crippen molar-refractivity contribution >= 4 is 41.1 Å². The second kappa shape index (κ2) is 9.04. The van der Waals surface area contributed by atoms with E-state index in [-0.39, 0.29) is 11.1 Å². The molecular formula is C20H16F2N2O5S. The summed E-state index contributed by atoms with van der Waals surface area (Å²) in [5, 5.41) is 2.46. The van der Waals surface area contributed by atoms with E-state index in [1.807, 2.05) is 0 Å². The van der Waals surface area contributed by atoms with E-state index in [0.717, 1.165) is 4.90 Å². The first-order valence-electron chi connectivity index (χ1n) is 8.76. The van der Waals surface area contributed by atoms with E-state index in [9.17, 15) is 28.0 Å². The third-order valence-corrected chi connectivity index (χ3v) is 4.99. The first kappa shape index (κ1) is 21.4. The molecule has 1 atom stereocenters. The Hall–Kier alpha value is -3.27. The van der Waals surface area contributed by atoms with Crippen molar-refractivity contribution in [2.24, 2.45) is 0 Å². The number of anilines is 1. The largest absolute Gasteiger partial charge is 0.454 e. The van der Waals surface area contributed by atoms with E-state index in [0.29, 0.717) is 22.3 Å². The van der Waals surface area contributed by atoms with Crippen LogP contribution < -0.4 is 5.32 Å². The van der Waals surface area contributed by atoms with Crippen LogP contribution >= 0.6 is 11.8 Å². The summed E-state index contributed by atoms with van der Waals surface area (Å²) in [6.07, 6.45) is 0. The molecule has 0 bridgehead atoms. The van der Waals surface area contributed by atoms with Gasteiger partial charge in [0.2, 0.25) is 0 Å². The van der Waals surface area contributed by atoms with Crippen LogP contribution in [-0.4, -0.2) is 47.0 Å². The Morgan fingerprint density at radius 1 is 1.03 bits per heavy atom. The predicted octanol–water partition coefficient (Wildman–Crippen LogP) is 3.17. The van der Waals surface area contributed by atoms with Gasteiger partial charge in [0, 0.05) is 10.6 Å². The van der Waals surface area contributed by atoms with Crippen LogP contribution in [0.1, 0.15) is 27.6 Å². The van der Waals surface area contributed by atoms with Gasteiger partial charge in [-0.15, -0.1) is 0 Å². The summed E-state index contributed by atoms with van der Waals surface area (Å²) in [7, 11) is 0. The highest BCUT2D eigenvalue weighted by Gasteiger charge is 2.41. The molecule has 1 aliphatic heterocycles. The first-order valence-corrected chi connectivity index (χ1v) is 9.64. The number of halogens is 2. The quantitative estimate of drug-likeness (QED) is 0.409. The zero-order chi connectivity index (χ0) is 21.8. The number of rotatable bonds is 7. The standard InChI is InChI=1S/C20H16F2N2O5S/c1-11(24-17(26)14-4-2-3-5-15(14)18(24)27)19(28)29-10-16(25)23-12-6-8-13(9-7-12)30-20(21)22/h2-9,11,20H,10H2,1H3,(H,23,25). The van der Waals surface area contributed by atoms with Gasteiger partial charge >= 0.3 is 5.97 Å². The van der Waals surface area contributed by atoms with Crippen LogP contribution in [0.5, 0.6) is 0 Å². The van der Waals surface area contributed by atoms with E-state index in [2.05, 4.69) is 5.32 Å². The molecule has 2 aromatic carbocycles. The summed E-state index contributed by atoms with van der Waals surface area (Å²) >= 11 is 0.376. The number of thioether (sulfide) groups is 1. The minimum atomic E-state index is -2.55. The van der Waals surface area contributed by atoms with E-state index >= 15 is 0 Å². The highest BCUT2D eigenvalue weighted by Crippen LogP contribution is 2.26. The second-order valence-corrected chi connectivity index (χ2v) is 7.32. The molecule has 1 unspecified atom stereocenters. The number of esters is 1. The number of hydrogen-bond acceptors (Lipinski definition) is 6. The van der Waals surface area contributed by atoms with Crippen LogP contribution in [0.4, 0.5) is 14.5 Å². The van der Waals surface area contributed by atoms with Gasteiger partial charge < -0.3 is 10.1 Å². The van der Waals surface area contributed by atoms with Gasteiger partial charge in [-0.2, -0.15) is 8.78 Å². The van der Waals surface area contributed by atoms with Gasteiger partial charge in [-0.05, 0) is 43.3 Å². The minimum absolute atomic E-state index is 0.202. The molecule has 1 N–H and O–H groups in total. The summed E-state index contributed by atoms with van der Waals surface area (Å²) in [6, 6.07) is 10.7. The van der Waals surface area contributed by atoms with E-state index in [1.165, 1.54) is 43.3 Å². The maximum atomic E-state index is 12.4. The monoisotopic (exact) mass is 434 g/mol. The normalized spacial score (nSPS) is 13.9. The fourth-order valence-corrected chi connectivity index (χ4v) is 3.34. The van der Waals surface area contributed by atoms with Crippen molar-refractivity contribution < 1.29 is 32.7 Å². The summed E-state index contributed by atoms with van der Waals surface area (Å²) < 4.78 is 29.5. The number of imide groups is 1. The Kier molecular flexibility index (Phi) is 6.46. The molecule has 1 aliphatic rings. The lowest BCUT2D eigenvalue weighted by Crippen LogP contribution is -2.44. The van der Waals surface area contributed by atoms with Gasteiger partial charge in [-0.1, -0.05) is 23.9 Å². The maximum Gasteiger partial charge on any atom is 0.329 e. The van der Waals surface area contributed by atoms with Gasteiger partial charge in [0.15, 0.2) is 6.61 Å². The Labute approximate surface area is 174 Å². The summed E-state index contributed by atoms with van der Waals surface area (Å²) in [5.74, 6) is -5.33. The predicted molar refractivity (Wildman–Crippen MR) is 104 cm³/mol. The zero-order valence-corrected chi connectivity index (χ0v) is 16.4. The highest BCUT2D eigenvalue weighted by molar-refractivity contribution is 7.99. The number of nitrogens with one attached hydrogen (secondary N) is 1.